The van der Waals surface area contributed by atoms with Gasteiger partial charge >= 0.3 is 0 Å². The van der Waals surface area contributed by atoms with Crippen molar-refractivity contribution in [2.24, 2.45) is 0 Å². The number of nitrogens with one attached hydrogen (secondary N) is 2. The molecule has 2 N–H and O–H groups in total. The highest BCUT2D eigenvalue weighted by molar-refractivity contribution is 7.89. The molecular formula is C18H17ClF3N3O2S. The molecule has 2 aromatic rings. The molecule has 1 fully saturated rings. The first-order valence-corrected chi connectivity index (χ1v) is 9.68. The Bertz CT molecular complexity index is 1010. The average molecular weight is 432 g/mol. The highest BCUT2D eigenvalue weighted by Gasteiger charge is 2.31. The maximum absolute atomic E-state index is 13.6. The van der Waals surface area contributed by atoms with Crippen molar-refractivity contribution in [2.75, 3.05) is 13.1 Å². The van der Waals surface area contributed by atoms with E-state index in [1.807, 2.05) is 0 Å². The van der Waals surface area contributed by atoms with Gasteiger partial charge in [0.25, 0.3) is 0 Å². The Morgan fingerprint density at radius 1 is 1.07 bits per heavy atom. The lowest BCUT2D eigenvalue weighted by Gasteiger charge is -2.33. The Labute approximate surface area is 167 Å². The predicted molar refractivity (Wildman–Crippen MR) is 99.1 cm³/mol. The molecule has 3 rings (SSSR count). The number of hydrogen-bond acceptors (Lipinski definition) is 4. The van der Waals surface area contributed by atoms with Gasteiger partial charge in [0.1, 0.15) is 11.9 Å². The second-order valence-corrected chi connectivity index (χ2v) is 7.97. The van der Waals surface area contributed by atoms with Crippen LogP contribution in [0.2, 0.25) is 0 Å². The van der Waals surface area contributed by atoms with Gasteiger partial charge in [-0.05, 0) is 48.9 Å². The number of benzene rings is 2. The van der Waals surface area contributed by atoms with E-state index in [9.17, 15) is 21.6 Å². The Kier molecular flexibility index (Phi) is 7.06. The number of halogens is 4. The second-order valence-electron chi connectivity index (χ2n) is 6.25. The molecule has 1 saturated heterocycles. The van der Waals surface area contributed by atoms with Gasteiger partial charge in [-0.1, -0.05) is 6.07 Å². The standard InChI is InChI=1S/C18H16F3N3O2S.ClH/c19-15-4-2-13(7-12(15)9-22)27(25,26)24-18-10-23-6-5-14(18)11-1-3-16(20)17(21)8-11;/h1-4,7-8,14,18,23-24H,5-6,10H2;1H. The number of rotatable bonds is 4. The summed E-state index contributed by atoms with van der Waals surface area (Å²) in [6.45, 7) is 0.881. The van der Waals surface area contributed by atoms with Gasteiger partial charge in [-0.15, -0.1) is 12.4 Å². The minimum Gasteiger partial charge on any atom is -0.315 e. The van der Waals surface area contributed by atoms with E-state index in [-0.39, 0.29) is 35.3 Å². The molecule has 2 aromatic carbocycles. The molecule has 28 heavy (non-hydrogen) atoms. The molecule has 0 aromatic heterocycles. The highest BCUT2D eigenvalue weighted by atomic mass is 35.5. The van der Waals surface area contributed by atoms with Crippen molar-refractivity contribution in [1.29, 1.82) is 5.26 Å². The Balaban J connectivity index is 0.00000280. The van der Waals surface area contributed by atoms with E-state index in [4.69, 9.17) is 5.26 Å². The van der Waals surface area contributed by atoms with Crippen LogP contribution < -0.4 is 10.0 Å². The lowest BCUT2D eigenvalue weighted by Crippen LogP contribution is -2.49. The number of piperidine rings is 1. The maximum atomic E-state index is 13.6. The van der Waals surface area contributed by atoms with Crippen LogP contribution in [0.5, 0.6) is 0 Å². The number of hydrogen-bond donors (Lipinski definition) is 2. The largest absolute Gasteiger partial charge is 0.315 e. The predicted octanol–water partition coefficient (Wildman–Crippen LogP) is 2.82. The Morgan fingerprint density at radius 2 is 1.79 bits per heavy atom. The zero-order valence-electron chi connectivity index (χ0n) is 14.5. The van der Waals surface area contributed by atoms with Crippen LogP contribution in [0.3, 0.4) is 0 Å². The summed E-state index contributed by atoms with van der Waals surface area (Å²) < 4.78 is 68.1. The van der Waals surface area contributed by atoms with Crippen LogP contribution in [0.1, 0.15) is 23.5 Å². The van der Waals surface area contributed by atoms with Gasteiger partial charge in [0, 0.05) is 18.5 Å². The van der Waals surface area contributed by atoms with Gasteiger partial charge < -0.3 is 5.32 Å². The molecule has 1 heterocycles. The minimum absolute atomic E-state index is 0. The highest BCUT2D eigenvalue weighted by Crippen LogP contribution is 2.28. The molecule has 0 saturated carbocycles. The van der Waals surface area contributed by atoms with Gasteiger partial charge in [0.15, 0.2) is 11.6 Å². The van der Waals surface area contributed by atoms with Crippen molar-refractivity contribution in [3.63, 3.8) is 0 Å². The summed E-state index contributed by atoms with van der Waals surface area (Å²) in [4.78, 5) is -0.241. The fourth-order valence-electron chi connectivity index (χ4n) is 3.15. The molecule has 5 nitrogen and oxygen atoms in total. The smallest absolute Gasteiger partial charge is 0.240 e. The second kappa shape index (κ2) is 8.92. The minimum atomic E-state index is -4.04. The van der Waals surface area contributed by atoms with Crippen LogP contribution in [0.25, 0.3) is 0 Å². The molecule has 0 spiro atoms. The normalized spacial score (nSPS) is 19.5. The van der Waals surface area contributed by atoms with Gasteiger partial charge in [-0.3, -0.25) is 0 Å². The summed E-state index contributed by atoms with van der Waals surface area (Å²) in [7, 11) is -4.04. The number of nitriles is 1. The van der Waals surface area contributed by atoms with E-state index in [0.717, 1.165) is 30.3 Å². The van der Waals surface area contributed by atoms with E-state index < -0.39 is 33.5 Å². The summed E-state index contributed by atoms with van der Waals surface area (Å²) in [6, 6.07) is 7.44. The summed E-state index contributed by atoms with van der Waals surface area (Å²) in [5.41, 5.74) is 0.108. The van der Waals surface area contributed by atoms with Crippen LogP contribution in [-0.4, -0.2) is 27.5 Å². The first-order chi connectivity index (χ1) is 12.8. The van der Waals surface area contributed by atoms with E-state index in [1.54, 1.807) is 6.07 Å². The third kappa shape index (κ3) is 4.64. The Hall–Kier alpha value is -2.12. The van der Waals surface area contributed by atoms with E-state index >= 15 is 0 Å². The van der Waals surface area contributed by atoms with E-state index in [1.165, 1.54) is 6.07 Å². The van der Waals surface area contributed by atoms with Gasteiger partial charge in [-0.2, -0.15) is 5.26 Å². The molecular weight excluding hydrogens is 415 g/mol. The zero-order valence-corrected chi connectivity index (χ0v) is 16.1. The molecule has 1 aliphatic heterocycles. The van der Waals surface area contributed by atoms with Crippen molar-refractivity contribution < 1.29 is 21.6 Å². The Morgan fingerprint density at radius 3 is 2.46 bits per heavy atom. The molecule has 0 aliphatic carbocycles. The van der Waals surface area contributed by atoms with Crippen LogP contribution in [0.4, 0.5) is 13.2 Å². The van der Waals surface area contributed by atoms with Crippen LogP contribution in [0, 0.1) is 28.8 Å². The fourth-order valence-corrected chi connectivity index (χ4v) is 4.45. The van der Waals surface area contributed by atoms with Crippen molar-refractivity contribution >= 4 is 22.4 Å². The molecule has 2 atom stereocenters. The SMILES string of the molecule is Cl.N#Cc1cc(S(=O)(=O)NC2CNCCC2c2ccc(F)c(F)c2)ccc1F. The van der Waals surface area contributed by atoms with Gasteiger partial charge in [-0.25, -0.2) is 26.3 Å². The van der Waals surface area contributed by atoms with Crippen LogP contribution in [-0.2, 0) is 10.0 Å². The van der Waals surface area contributed by atoms with E-state index in [2.05, 4.69) is 10.0 Å². The first-order valence-electron chi connectivity index (χ1n) is 8.19. The molecule has 1 aliphatic rings. The molecule has 0 radical (unpaired) electrons. The lowest BCUT2D eigenvalue weighted by atomic mass is 9.86. The molecule has 2 unspecified atom stereocenters. The topological polar surface area (TPSA) is 82.0 Å². The lowest BCUT2D eigenvalue weighted by molar-refractivity contribution is 0.376. The molecule has 10 heteroatoms. The molecule has 0 bridgehead atoms. The zero-order chi connectivity index (χ0) is 19.6. The van der Waals surface area contributed by atoms with Crippen molar-refractivity contribution in [2.45, 2.75) is 23.3 Å². The summed E-state index contributed by atoms with van der Waals surface area (Å²) in [5.74, 6) is -3.15. The van der Waals surface area contributed by atoms with Crippen molar-refractivity contribution in [3.05, 3.63) is 65.0 Å². The molecule has 0 amide bonds. The summed E-state index contributed by atoms with van der Waals surface area (Å²) >= 11 is 0. The monoisotopic (exact) mass is 431 g/mol. The van der Waals surface area contributed by atoms with Crippen molar-refractivity contribution in [3.8, 4) is 6.07 Å². The van der Waals surface area contributed by atoms with Gasteiger partial charge in [0.05, 0.1) is 10.5 Å². The van der Waals surface area contributed by atoms with E-state index in [0.29, 0.717) is 18.5 Å². The fraction of sp³-hybridized carbons (Fsp3) is 0.278. The average Bonchev–Trinajstić information content (AvgIpc) is 2.64. The first kappa shape index (κ1) is 22.2. The summed E-state index contributed by atoms with van der Waals surface area (Å²) in [6.07, 6.45) is 0.519. The third-order valence-electron chi connectivity index (χ3n) is 4.53. The van der Waals surface area contributed by atoms with Crippen LogP contribution >= 0.6 is 12.4 Å². The number of nitrogens with zero attached hydrogens (tertiary/aromatic N) is 1. The van der Waals surface area contributed by atoms with Gasteiger partial charge in [0.2, 0.25) is 10.0 Å². The molecule has 150 valence electrons. The third-order valence-corrected chi connectivity index (χ3v) is 6.02. The maximum Gasteiger partial charge on any atom is 0.240 e. The van der Waals surface area contributed by atoms with Crippen LogP contribution in [0.15, 0.2) is 41.3 Å². The quantitative estimate of drug-likeness (QED) is 0.780. The van der Waals surface area contributed by atoms with Crippen molar-refractivity contribution in [1.82, 2.24) is 10.0 Å². The number of sulfonamides is 1. The summed E-state index contributed by atoms with van der Waals surface area (Å²) in [5, 5.41) is 11.9.